The first kappa shape index (κ1) is 14.2. The first-order chi connectivity index (χ1) is 10.9. The van der Waals surface area contributed by atoms with Gasteiger partial charge >= 0.3 is 0 Å². The Labute approximate surface area is 132 Å². The van der Waals surface area contributed by atoms with E-state index in [4.69, 9.17) is 4.74 Å². The molecule has 0 spiro atoms. The van der Waals surface area contributed by atoms with Crippen molar-refractivity contribution in [3.63, 3.8) is 0 Å². The standard InChI is InChI=1S/C19H24N2O/c1-3-16-5-2-9-20-19(16)17(4-1)13-15-6-10-21(11-7-15)18-8-12-22-14-18/h1-5,9,15,18H,6-8,10-14H2. The van der Waals surface area contributed by atoms with Gasteiger partial charge in [0.25, 0.3) is 0 Å². The lowest BCUT2D eigenvalue weighted by molar-refractivity contribution is 0.110. The van der Waals surface area contributed by atoms with Gasteiger partial charge in [-0.05, 0) is 56.3 Å². The van der Waals surface area contributed by atoms with E-state index in [1.807, 2.05) is 12.3 Å². The van der Waals surface area contributed by atoms with Crippen molar-refractivity contribution in [2.45, 2.75) is 31.7 Å². The summed E-state index contributed by atoms with van der Waals surface area (Å²) in [4.78, 5) is 7.24. The zero-order valence-electron chi connectivity index (χ0n) is 13.1. The van der Waals surface area contributed by atoms with E-state index in [-0.39, 0.29) is 0 Å². The fourth-order valence-electron chi connectivity index (χ4n) is 3.98. The molecule has 4 rings (SSSR count). The first-order valence-electron chi connectivity index (χ1n) is 8.54. The van der Waals surface area contributed by atoms with Crippen molar-refractivity contribution in [1.29, 1.82) is 0 Å². The van der Waals surface area contributed by atoms with Crippen LogP contribution in [0.4, 0.5) is 0 Å². The number of piperidine rings is 1. The Morgan fingerprint density at radius 2 is 1.95 bits per heavy atom. The monoisotopic (exact) mass is 296 g/mol. The van der Waals surface area contributed by atoms with Crippen LogP contribution in [-0.2, 0) is 11.2 Å². The fraction of sp³-hybridized carbons (Fsp3) is 0.526. The Balaban J connectivity index is 1.41. The second kappa shape index (κ2) is 6.35. The summed E-state index contributed by atoms with van der Waals surface area (Å²) in [6.45, 7) is 4.36. The summed E-state index contributed by atoms with van der Waals surface area (Å²) in [6, 6.07) is 11.5. The van der Waals surface area contributed by atoms with E-state index in [0.29, 0.717) is 6.04 Å². The van der Waals surface area contributed by atoms with Crippen LogP contribution >= 0.6 is 0 Å². The number of nitrogens with zero attached hydrogens (tertiary/aromatic N) is 2. The first-order valence-corrected chi connectivity index (χ1v) is 8.54. The van der Waals surface area contributed by atoms with Crippen molar-refractivity contribution in [2.75, 3.05) is 26.3 Å². The number of para-hydroxylation sites is 1. The van der Waals surface area contributed by atoms with Gasteiger partial charge in [0.2, 0.25) is 0 Å². The zero-order valence-corrected chi connectivity index (χ0v) is 13.1. The number of pyridine rings is 1. The quantitative estimate of drug-likeness (QED) is 0.869. The van der Waals surface area contributed by atoms with Gasteiger partial charge in [0, 0.05) is 24.2 Å². The van der Waals surface area contributed by atoms with Gasteiger partial charge < -0.3 is 4.74 Å². The highest BCUT2D eigenvalue weighted by atomic mass is 16.5. The van der Waals surface area contributed by atoms with Gasteiger partial charge in [-0.1, -0.05) is 24.3 Å². The third kappa shape index (κ3) is 2.88. The van der Waals surface area contributed by atoms with Gasteiger partial charge in [0.1, 0.15) is 0 Å². The molecule has 0 amide bonds. The van der Waals surface area contributed by atoms with E-state index in [1.54, 1.807) is 0 Å². The number of rotatable bonds is 3. The maximum atomic E-state index is 5.53. The second-order valence-electron chi connectivity index (χ2n) is 6.69. The van der Waals surface area contributed by atoms with Gasteiger partial charge in [0.05, 0.1) is 12.1 Å². The molecule has 2 fully saturated rings. The smallest absolute Gasteiger partial charge is 0.0733 e. The van der Waals surface area contributed by atoms with Crippen LogP contribution in [0.25, 0.3) is 10.9 Å². The molecular formula is C19H24N2O. The summed E-state index contributed by atoms with van der Waals surface area (Å²) in [5, 5.41) is 1.26. The largest absolute Gasteiger partial charge is 0.380 e. The van der Waals surface area contributed by atoms with Gasteiger partial charge in [-0.2, -0.15) is 0 Å². The summed E-state index contributed by atoms with van der Waals surface area (Å²) < 4.78 is 5.53. The lowest BCUT2D eigenvalue weighted by atomic mass is 9.88. The van der Waals surface area contributed by atoms with E-state index < -0.39 is 0 Å². The number of hydrogen-bond donors (Lipinski definition) is 0. The van der Waals surface area contributed by atoms with Crippen LogP contribution in [0.3, 0.4) is 0 Å². The molecule has 0 aliphatic carbocycles. The van der Waals surface area contributed by atoms with Gasteiger partial charge in [-0.25, -0.2) is 0 Å². The molecule has 0 radical (unpaired) electrons. The van der Waals surface area contributed by atoms with Crippen molar-refractivity contribution < 1.29 is 4.74 Å². The molecule has 1 aromatic carbocycles. The molecular weight excluding hydrogens is 272 g/mol. The predicted molar refractivity (Wildman–Crippen MR) is 89.0 cm³/mol. The third-order valence-electron chi connectivity index (χ3n) is 5.30. The Hall–Kier alpha value is -1.45. The number of fused-ring (bicyclic) bond motifs is 1. The molecule has 2 aliphatic heterocycles. The molecule has 22 heavy (non-hydrogen) atoms. The molecule has 1 aromatic heterocycles. The minimum Gasteiger partial charge on any atom is -0.380 e. The summed E-state index contributed by atoms with van der Waals surface area (Å²) >= 11 is 0. The summed E-state index contributed by atoms with van der Waals surface area (Å²) in [5.74, 6) is 0.797. The van der Waals surface area contributed by atoms with Crippen LogP contribution in [0.2, 0.25) is 0 Å². The molecule has 0 N–H and O–H groups in total. The van der Waals surface area contributed by atoms with Crippen LogP contribution in [-0.4, -0.2) is 42.2 Å². The summed E-state index contributed by atoms with van der Waals surface area (Å²) in [7, 11) is 0. The van der Waals surface area contributed by atoms with Gasteiger partial charge in [-0.15, -0.1) is 0 Å². The highest BCUT2D eigenvalue weighted by molar-refractivity contribution is 5.81. The van der Waals surface area contributed by atoms with Crippen LogP contribution in [0.1, 0.15) is 24.8 Å². The minimum absolute atomic E-state index is 0.681. The zero-order chi connectivity index (χ0) is 14.8. The van der Waals surface area contributed by atoms with Crippen LogP contribution < -0.4 is 0 Å². The van der Waals surface area contributed by atoms with E-state index in [9.17, 15) is 0 Å². The molecule has 0 saturated carbocycles. The molecule has 2 saturated heterocycles. The number of hydrogen-bond acceptors (Lipinski definition) is 3. The van der Waals surface area contributed by atoms with Gasteiger partial charge in [0.15, 0.2) is 0 Å². The molecule has 0 bridgehead atoms. The SMILES string of the molecule is c1cnc2c(CC3CCN(C4CCOC4)CC3)cccc2c1. The Bertz CT molecular complexity index is 623. The van der Waals surface area contributed by atoms with E-state index in [2.05, 4.69) is 34.1 Å². The Morgan fingerprint density at radius 3 is 2.77 bits per heavy atom. The average Bonchev–Trinajstić information content (AvgIpc) is 3.10. The van der Waals surface area contributed by atoms with E-state index >= 15 is 0 Å². The fourth-order valence-corrected chi connectivity index (χ4v) is 3.98. The maximum absolute atomic E-state index is 5.53. The van der Waals surface area contributed by atoms with E-state index in [1.165, 1.54) is 55.2 Å². The molecule has 2 aliphatic rings. The van der Waals surface area contributed by atoms with Gasteiger partial charge in [-0.3, -0.25) is 9.88 Å². The predicted octanol–water partition coefficient (Wildman–Crippen LogP) is 3.28. The highest BCUT2D eigenvalue weighted by Gasteiger charge is 2.27. The van der Waals surface area contributed by atoms with Crippen molar-refractivity contribution in [3.05, 3.63) is 42.1 Å². The molecule has 1 unspecified atom stereocenters. The Morgan fingerprint density at radius 1 is 1.09 bits per heavy atom. The van der Waals surface area contributed by atoms with Crippen LogP contribution in [0.15, 0.2) is 36.5 Å². The molecule has 3 heteroatoms. The average molecular weight is 296 g/mol. The van der Waals surface area contributed by atoms with Crippen LogP contribution in [0, 0.1) is 5.92 Å². The summed E-state index contributed by atoms with van der Waals surface area (Å²) in [6.07, 6.45) is 6.91. The number of benzene rings is 1. The second-order valence-corrected chi connectivity index (χ2v) is 6.69. The normalized spacial score (nSPS) is 24.1. The van der Waals surface area contributed by atoms with Crippen LogP contribution in [0.5, 0.6) is 0 Å². The minimum atomic E-state index is 0.681. The summed E-state index contributed by atoms with van der Waals surface area (Å²) in [5.41, 5.74) is 2.61. The molecule has 3 nitrogen and oxygen atoms in total. The molecule has 3 heterocycles. The maximum Gasteiger partial charge on any atom is 0.0733 e. The number of aromatic nitrogens is 1. The lowest BCUT2D eigenvalue weighted by Crippen LogP contribution is -2.42. The Kier molecular flexibility index (Phi) is 4.09. The van der Waals surface area contributed by atoms with Crippen molar-refractivity contribution in [3.8, 4) is 0 Å². The lowest BCUT2D eigenvalue weighted by Gasteiger charge is -2.35. The molecule has 116 valence electrons. The van der Waals surface area contributed by atoms with E-state index in [0.717, 1.165) is 19.1 Å². The van der Waals surface area contributed by atoms with Crippen molar-refractivity contribution in [2.24, 2.45) is 5.92 Å². The molecule has 2 aromatic rings. The van der Waals surface area contributed by atoms with Crippen molar-refractivity contribution >= 4 is 10.9 Å². The van der Waals surface area contributed by atoms with Crippen molar-refractivity contribution in [1.82, 2.24) is 9.88 Å². The number of ether oxygens (including phenoxy) is 1. The third-order valence-corrected chi connectivity index (χ3v) is 5.30. The molecule has 1 atom stereocenters. The highest BCUT2D eigenvalue weighted by Crippen LogP contribution is 2.27. The number of likely N-dealkylation sites (tertiary alicyclic amines) is 1. The topological polar surface area (TPSA) is 25.4 Å².